The number of benzene rings is 2. The van der Waals surface area contributed by atoms with E-state index in [0.29, 0.717) is 30.8 Å². The van der Waals surface area contributed by atoms with Crippen molar-refractivity contribution in [2.75, 3.05) is 18.4 Å². The summed E-state index contributed by atoms with van der Waals surface area (Å²) in [4.78, 5) is 38.4. The van der Waals surface area contributed by atoms with Gasteiger partial charge in [0.25, 0.3) is 5.91 Å². The quantitative estimate of drug-likeness (QED) is 0.884. The van der Waals surface area contributed by atoms with Crippen LogP contribution in [0.4, 0.5) is 5.69 Å². The van der Waals surface area contributed by atoms with E-state index < -0.39 is 0 Å². The van der Waals surface area contributed by atoms with E-state index in [1.807, 2.05) is 36.4 Å². The number of rotatable bonds is 4. The van der Waals surface area contributed by atoms with Gasteiger partial charge in [0.15, 0.2) is 0 Å². The zero-order chi connectivity index (χ0) is 18.3. The van der Waals surface area contributed by atoms with Crippen molar-refractivity contribution >= 4 is 34.2 Å². The third kappa shape index (κ3) is 3.14. The first-order valence-corrected chi connectivity index (χ1v) is 8.95. The maximum Gasteiger partial charge on any atom is 0.256 e. The summed E-state index contributed by atoms with van der Waals surface area (Å²) < 4.78 is 0. The Labute approximate surface area is 151 Å². The molecule has 1 saturated heterocycles. The minimum Gasteiger partial charge on any atom is -0.369 e. The Balaban J connectivity index is 1.68. The van der Waals surface area contributed by atoms with E-state index in [0.717, 1.165) is 23.6 Å². The summed E-state index contributed by atoms with van der Waals surface area (Å²) in [6.07, 6.45) is 2.38. The van der Waals surface area contributed by atoms with Crippen LogP contribution in [-0.4, -0.2) is 35.7 Å². The normalized spacial score (nSPS) is 19.5. The third-order valence-electron chi connectivity index (χ3n) is 5.20. The van der Waals surface area contributed by atoms with E-state index >= 15 is 0 Å². The average molecular weight is 351 g/mol. The number of primary amides is 1. The van der Waals surface area contributed by atoms with Gasteiger partial charge in [0, 0.05) is 19.0 Å². The molecule has 0 radical (unpaired) electrons. The van der Waals surface area contributed by atoms with E-state index in [4.69, 9.17) is 5.73 Å². The molecule has 6 heteroatoms. The molecule has 1 atom stereocenters. The van der Waals surface area contributed by atoms with Crippen LogP contribution in [0.2, 0.25) is 0 Å². The Kier molecular flexibility index (Phi) is 4.11. The highest BCUT2D eigenvalue weighted by atomic mass is 16.2. The maximum absolute atomic E-state index is 13.1. The summed E-state index contributed by atoms with van der Waals surface area (Å²) in [7, 11) is 0. The molecule has 1 saturated carbocycles. The number of hydrogen-bond acceptors (Lipinski definition) is 3. The zero-order valence-electron chi connectivity index (χ0n) is 14.4. The second-order valence-electron chi connectivity index (χ2n) is 7.15. The molecule has 0 bridgehead atoms. The fourth-order valence-electron chi connectivity index (χ4n) is 3.45. The summed E-state index contributed by atoms with van der Waals surface area (Å²) in [6.45, 7) is 0.826. The fraction of sp³-hybridized carbons (Fsp3) is 0.350. The number of likely N-dealkylation sites (tertiary alicyclic amines) is 1. The molecular formula is C20H21N3O3. The lowest BCUT2D eigenvalue weighted by atomic mass is 10.0. The van der Waals surface area contributed by atoms with Gasteiger partial charge in [-0.15, -0.1) is 0 Å². The van der Waals surface area contributed by atoms with Crippen LogP contribution in [0.15, 0.2) is 36.4 Å². The van der Waals surface area contributed by atoms with Crippen LogP contribution in [0.1, 0.15) is 29.6 Å². The molecule has 3 N–H and O–H groups in total. The molecular weight excluding hydrogens is 330 g/mol. The van der Waals surface area contributed by atoms with Crippen molar-refractivity contribution in [1.29, 1.82) is 0 Å². The van der Waals surface area contributed by atoms with Crippen LogP contribution in [0.25, 0.3) is 10.8 Å². The molecule has 2 aliphatic rings. The summed E-state index contributed by atoms with van der Waals surface area (Å²) in [5, 5.41) is 4.83. The van der Waals surface area contributed by atoms with Crippen molar-refractivity contribution in [1.82, 2.24) is 4.90 Å². The highest BCUT2D eigenvalue weighted by Crippen LogP contribution is 2.32. The van der Waals surface area contributed by atoms with Crippen molar-refractivity contribution in [3.8, 4) is 0 Å². The molecule has 0 spiro atoms. The van der Waals surface area contributed by atoms with E-state index in [-0.39, 0.29) is 29.6 Å². The van der Waals surface area contributed by atoms with Crippen LogP contribution in [0.5, 0.6) is 0 Å². The number of carbonyl (C=O) groups excluding carboxylic acids is 3. The van der Waals surface area contributed by atoms with Crippen LogP contribution in [0, 0.1) is 11.8 Å². The lowest BCUT2D eigenvalue weighted by Gasteiger charge is -2.19. The summed E-state index contributed by atoms with van der Waals surface area (Å²) in [5.41, 5.74) is 6.37. The summed E-state index contributed by atoms with van der Waals surface area (Å²) >= 11 is 0. The Morgan fingerprint density at radius 2 is 1.69 bits per heavy atom. The lowest BCUT2D eigenvalue weighted by molar-refractivity contribution is -0.121. The minimum atomic E-state index is -0.374. The largest absolute Gasteiger partial charge is 0.369 e. The number of amides is 3. The van der Waals surface area contributed by atoms with E-state index in [9.17, 15) is 14.4 Å². The molecule has 2 aromatic rings. The van der Waals surface area contributed by atoms with Crippen LogP contribution < -0.4 is 11.1 Å². The fourth-order valence-corrected chi connectivity index (χ4v) is 3.45. The predicted octanol–water partition coefficient (Wildman–Crippen LogP) is 2.14. The van der Waals surface area contributed by atoms with Crippen molar-refractivity contribution in [2.24, 2.45) is 17.6 Å². The SMILES string of the molecule is NC(=O)[C@H]1CCN(C(=O)c2cc3ccccc3cc2NC(=O)C2CC2)C1. The molecule has 1 heterocycles. The van der Waals surface area contributed by atoms with Crippen molar-refractivity contribution < 1.29 is 14.4 Å². The Bertz CT molecular complexity index is 904. The molecule has 1 aliphatic carbocycles. The van der Waals surface area contributed by atoms with Gasteiger partial charge in [-0.05, 0) is 42.2 Å². The standard InChI is InChI=1S/C20H21N3O3/c21-18(24)15-7-8-23(11-15)20(26)16-9-13-3-1-2-4-14(13)10-17(16)22-19(25)12-5-6-12/h1-4,9-10,12,15H,5-8,11H2,(H2,21,24)(H,22,25)/t15-/m0/s1. The molecule has 134 valence electrons. The van der Waals surface area contributed by atoms with Crippen molar-refractivity contribution in [2.45, 2.75) is 19.3 Å². The first-order valence-electron chi connectivity index (χ1n) is 8.95. The smallest absolute Gasteiger partial charge is 0.256 e. The summed E-state index contributed by atoms with van der Waals surface area (Å²) in [5.74, 6) is -0.836. The first kappa shape index (κ1) is 16.6. The number of carbonyl (C=O) groups is 3. The average Bonchev–Trinajstić information content (AvgIpc) is 3.37. The molecule has 4 rings (SSSR count). The highest BCUT2D eigenvalue weighted by molar-refractivity contribution is 6.08. The molecule has 3 amide bonds. The van der Waals surface area contributed by atoms with Gasteiger partial charge in [0.1, 0.15) is 0 Å². The van der Waals surface area contributed by atoms with Gasteiger partial charge in [-0.3, -0.25) is 14.4 Å². The Morgan fingerprint density at radius 1 is 1.00 bits per heavy atom. The topological polar surface area (TPSA) is 92.5 Å². The van der Waals surface area contributed by atoms with Crippen LogP contribution >= 0.6 is 0 Å². The van der Waals surface area contributed by atoms with Crippen molar-refractivity contribution in [3.05, 3.63) is 42.0 Å². The molecule has 0 unspecified atom stereocenters. The van der Waals surface area contributed by atoms with Crippen LogP contribution in [-0.2, 0) is 9.59 Å². The van der Waals surface area contributed by atoms with Gasteiger partial charge in [-0.25, -0.2) is 0 Å². The molecule has 6 nitrogen and oxygen atoms in total. The molecule has 1 aliphatic heterocycles. The van der Waals surface area contributed by atoms with E-state index in [1.54, 1.807) is 4.90 Å². The van der Waals surface area contributed by atoms with Gasteiger partial charge in [0.05, 0.1) is 17.2 Å². The number of anilines is 1. The number of nitrogens with zero attached hydrogens (tertiary/aromatic N) is 1. The number of hydrogen-bond donors (Lipinski definition) is 2. The zero-order valence-corrected chi connectivity index (χ0v) is 14.4. The second-order valence-corrected chi connectivity index (χ2v) is 7.15. The van der Waals surface area contributed by atoms with E-state index in [1.165, 1.54) is 0 Å². The van der Waals surface area contributed by atoms with Crippen LogP contribution in [0.3, 0.4) is 0 Å². The first-order chi connectivity index (χ1) is 12.5. The van der Waals surface area contributed by atoms with E-state index in [2.05, 4.69) is 5.32 Å². The van der Waals surface area contributed by atoms with Crippen molar-refractivity contribution in [3.63, 3.8) is 0 Å². The highest BCUT2D eigenvalue weighted by Gasteiger charge is 2.33. The van der Waals surface area contributed by atoms with Gasteiger partial charge in [-0.2, -0.15) is 0 Å². The third-order valence-corrected chi connectivity index (χ3v) is 5.20. The lowest BCUT2D eigenvalue weighted by Crippen LogP contribution is -2.32. The Morgan fingerprint density at radius 3 is 2.31 bits per heavy atom. The number of nitrogens with two attached hydrogens (primary N) is 1. The van der Waals surface area contributed by atoms with Gasteiger partial charge >= 0.3 is 0 Å². The number of nitrogens with one attached hydrogen (secondary N) is 1. The number of fused-ring (bicyclic) bond motifs is 1. The molecule has 0 aromatic heterocycles. The minimum absolute atomic E-state index is 0.0363. The predicted molar refractivity (Wildman–Crippen MR) is 98.5 cm³/mol. The Hall–Kier alpha value is -2.89. The summed E-state index contributed by atoms with van der Waals surface area (Å²) in [6, 6.07) is 11.4. The van der Waals surface area contributed by atoms with Gasteiger partial charge in [-0.1, -0.05) is 24.3 Å². The second kappa shape index (κ2) is 6.44. The molecule has 2 fully saturated rings. The molecule has 2 aromatic carbocycles. The monoisotopic (exact) mass is 351 g/mol. The maximum atomic E-state index is 13.1. The van der Waals surface area contributed by atoms with Gasteiger partial charge in [0.2, 0.25) is 11.8 Å². The van der Waals surface area contributed by atoms with Gasteiger partial charge < -0.3 is 16.0 Å². The molecule has 26 heavy (non-hydrogen) atoms.